The summed E-state index contributed by atoms with van der Waals surface area (Å²) in [5, 5.41) is 4.14. The minimum absolute atomic E-state index is 0.0211. The highest BCUT2D eigenvalue weighted by atomic mass is 35.5. The number of halogens is 3. The smallest absolute Gasteiger partial charge is 0.242 e. The van der Waals surface area contributed by atoms with Gasteiger partial charge >= 0.3 is 0 Å². The second-order valence-corrected chi connectivity index (χ2v) is 12.5. The lowest BCUT2D eigenvalue weighted by molar-refractivity contribution is -0.140. The van der Waals surface area contributed by atoms with Crippen molar-refractivity contribution in [3.8, 4) is 0 Å². The second kappa shape index (κ2) is 13.2. The first-order valence-electron chi connectivity index (χ1n) is 12.2. The molecule has 0 aliphatic heterocycles. The maximum Gasteiger partial charge on any atom is 0.242 e. The summed E-state index contributed by atoms with van der Waals surface area (Å²) in [6, 6.07) is 11.2. The summed E-state index contributed by atoms with van der Waals surface area (Å²) < 4.78 is 26.2. The number of nitrogens with zero attached hydrogens (tertiary/aromatic N) is 2. The molecule has 1 N–H and O–H groups in total. The number of amides is 2. The van der Waals surface area contributed by atoms with Crippen LogP contribution >= 0.6 is 34.8 Å². The number of rotatable bonds is 11. The van der Waals surface area contributed by atoms with Gasteiger partial charge in [-0.25, -0.2) is 8.42 Å². The molecule has 2 aromatic rings. The van der Waals surface area contributed by atoms with E-state index in [1.54, 1.807) is 25.1 Å². The lowest BCUT2D eigenvalue weighted by Crippen LogP contribution is -2.49. The Bertz CT molecular complexity index is 1220. The number of hydrogen-bond donors (Lipinski definition) is 1. The van der Waals surface area contributed by atoms with E-state index in [0.717, 1.165) is 41.8 Å². The van der Waals surface area contributed by atoms with Crippen molar-refractivity contribution in [1.29, 1.82) is 0 Å². The van der Waals surface area contributed by atoms with E-state index in [0.29, 0.717) is 10.0 Å². The standard InChI is InChI=1S/C26H32Cl3N3O4S/c1-18(26(34)30-21-9-4-5-10-21)31(17-19-8-3-6-11-22(19)28)25(33)12-7-15-32(37(2,35)36)24-16-20(27)13-14-23(24)29/h3,6,8,11,13-14,16,18,21H,4-5,7,9-10,12,15,17H2,1-2H3,(H,30,34). The summed E-state index contributed by atoms with van der Waals surface area (Å²) in [5.74, 6) is -0.490. The first-order valence-corrected chi connectivity index (χ1v) is 15.2. The lowest BCUT2D eigenvalue weighted by atomic mass is 10.1. The molecule has 0 heterocycles. The van der Waals surface area contributed by atoms with Crippen LogP contribution < -0.4 is 9.62 Å². The Labute approximate surface area is 234 Å². The summed E-state index contributed by atoms with van der Waals surface area (Å²) in [6.07, 6.45) is 5.34. The fourth-order valence-electron chi connectivity index (χ4n) is 4.44. The van der Waals surface area contributed by atoms with Crippen molar-refractivity contribution in [1.82, 2.24) is 10.2 Å². The molecule has 2 aromatic carbocycles. The molecule has 0 saturated heterocycles. The molecule has 3 rings (SSSR count). The number of carbonyl (C=O) groups excluding carboxylic acids is 2. The molecule has 7 nitrogen and oxygen atoms in total. The van der Waals surface area contributed by atoms with E-state index in [1.807, 2.05) is 12.1 Å². The first kappa shape index (κ1) is 29.6. The lowest BCUT2D eigenvalue weighted by Gasteiger charge is -2.30. The van der Waals surface area contributed by atoms with Crippen molar-refractivity contribution in [3.05, 3.63) is 63.1 Å². The Morgan fingerprint density at radius 3 is 2.38 bits per heavy atom. The van der Waals surface area contributed by atoms with Gasteiger partial charge in [-0.1, -0.05) is 65.8 Å². The summed E-state index contributed by atoms with van der Waals surface area (Å²) in [5.41, 5.74) is 0.975. The topological polar surface area (TPSA) is 86.8 Å². The normalized spacial score (nSPS) is 14.8. The molecular formula is C26H32Cl3N3O4S. The zero-order chi connectivity index (χ0) is 27.2. The summed E-state index contributed by atoms with van der Waals surface area (Å²) in [6.45, 7) is 1.88. The SMILES string of the molecule is CC(C(=O)NC1CCCC1)N(Cc1ccccc1Cl)C(=O)CCCN(c1cc(Cl)ccc1Cl)S(C)(=O)=O. The predicted molar refractivity (Wildman–Crippen MR) is 150 cm³/mol. The summed E-state index contributed by atoms with van der Waals surface area (Å²) in [4.78, 5) is 28.0. The van der Waals surface area contributed by atoms with Crippen LogP contribution in [0.4, 0.5) is 5.69 Å². The Morgan fingerprint density at radius 1 is 1.05 bits per heavy atom. The van der Waals surface area contributed by atoms with Gasteiger partial charge in [0.05, 0.1) is 17.0 Å². The molecule has 2 amide bonds. The molecule has 1 aliphatic rings. The van der Waals surface area contributed by atoms with Crippen LogP contribution in [0.25, 0.3) is 0 Å². The Hall–Kier alpha value is -2.00. The number of anilines is 1. The minimum atomic E-state index is -3.69. The molecule has 0 spiro atoms. The van der Waals surface area contributed by atoms with Gasteiger partial charge in [-0.2, -0.15) is 0 Å². The molecule has 1 fully saturated rings. The monoisotopic (exact) mass is 587 g/mol. The Kier molecular flexibility index (Phi) is 10.5. The fraction of sp³-hybridized carbons (Fsp3) is 0.462. The van der Waals surface area contributed by atoms with Crippen LogP contribution in [0.15, 0.2) is 42.5 Å². The van der Waals surface area contributed by atoms with E-state index in [2.05, 4.69) is 5.32 Å². The second-order valence-electron chi connectivity index (χ2n) is 9.31. The van der Waals surface area contributed by atoms with E-state index in [4.69, 9.17) is 34.8 Å². The molecule has 1 atom stereocenters. The highest BCUT2D eigenvalue weighted by Gasteiger charge is 2.29. The van der Waals surface area contributed by atoms with Crippen LogP contribution in [0, 0.1) is 0 Å². The first-order chi connectivity index (χ1) is 17.5. The molecule has 0 bridgehead atoms. The van der Waals surface area contributed by atoms with Crippen molar-refractivity contribution in [3.63, 3.8) is 0 Å². The molecule has 1 aliphatic carbocycles. The number of hydrogen-bond acceptors (Lipinski definition) is 4. The maximum atomic E-state index is 13.4. The largest absolute Gasteiger partial charge is 0.352 e. The number of nitrogens with one attached hydrogen (secondary N) is 1. The van der Waals surface area contributed by atoms with Crippen molar-refractivity contribution in [2.75, 3.05) is 17.1 Å². The van der Waals surface area contributed by atoms with Gasteiger partial charge < -0.3 is 10.2 Å². The van der Waals surface area contributed by atoms with Crippen LogP contribution in [0.5, 0.6) is 0 Å². The quantitative estimate of drug-likeness (QED) is 0.367. The van der Waals surface area contributed by atoms with Gasteiger partial charge in [0.2, 0.25) is 21.8 Å². The third kappa shape index (κ3) is 8.24. The van der Waals surface area contributed by atoms with Crippen molar-refractivity contribution < 1.29 is 18.0 Å². The molecule has 1 unspecified atom stereocenters. The predicted octanol–water partition coefficient (Wildman–Crippen LogP) is 5.67. The minimum Gasteiger partial charge on any atom is -0.352 e. The fourth-order valence-corrected chi connectivity index (χ4v) is 6.04. The molecular weight excluding hydrogens is 557 g/mol. The third-order valence-corrected chi connectivity index (χ3v) is 8.60. The Balaban J connectivity index is 1.75. The van der Waals surface area contributed by atoms with Gasteiger partial charge in [0.25, 0.3) is 0 Å². The van der Waals surface area contributed by atoms with Gasteiger partial charge in [-0.15, -0.1) is 0 Å². The molecule has 37 heavy (non-hydrogen) atoms. The summed E-state index contributed by atoms with van der Waals surface area (Å²) in [7, 11) is -3.69. The molecule has 0 aromatic heterocycles. The van der Waals surface area contributed by atoms with E-state index in [1.165, 1.54) is 17.0 Å². The van der Waals surface area contributed by atoms with Crippen LogP contribution in [0.2, 0.25) is 15.1 Å². The van der Waals surface area contributed by atoms with Gasteiger partial charge in [0.15, 0.2) is 0 Å². The van der Waals surface area contributed by atoms with Gasteiger partial charge in [0, 0.05) is 35.6 Å². The zero-order valence-corrected chi connectivity index (χ0v) is 24.0. The maximum absolute atomic E-state index is 13.4. The Morgan fingerprint density at radius 2 is 1.73 bits per heavy atom. The molecule has 202 valence electrons. The van der Waals surface area contributed by atoms with E-state index >= 15 is 0 Å². The van der Waals surface area contributed by atoms with Gasteiger partial charge in [-0.3, -0.25) is 13.9 Å². The van der Waals surface area contributed by atoms with Crippen molar-refractivity contribution in [2.45, 2.75) is 64.1 Å². The van der Waals surface area contributed by atoms with Crippen LogP contribution in [-0.2, 0) is 26.2 Å². The highest BCUT2D eigenvalue weighted by Crippen LogP contribution is 2.31. The van der Waals surface area contributed by atoms with Crippen LogP contribution in [0.1, 0.15) is 51.0 Å². The van der Waals surface area contributed by atoms with E-state index < -0.39 is 16.1 Å². The number of benzene rings is 2. The van der Waals surface area contributed by atoms with Gasteiger partial charge in [0.1, 0.15) is 6.04 Å². The van der Waals surface area contributed by atoms with Gasteiger partial charge in [-0.05, 0) is 56.0 Å². The average Bonchev–Trinajstić information content (AvgIpc) is 3.34. The van der Waals surface area contributed by atoms with Crippen molar-refractivity contribution in [2.24, 2.45) is 0 Å². The number of sulfonamides is 1. The molecule has 1 saturated carbocycles. The van der Waals surface area contributed by atoms with Crippen LogP contribution in [-0.4, -0.2) is 50.0 Å². The molecule has 11 heteroatoms. The average molecular weight is 589 g/mol. The van der Waals surface area contributed by atoms with E-state index in [9.17, 15) is 18.0 Å². The number of carbonyl (C=O) groups is 2. The van der Waals surface area contributed by atoms with Crippen molar-refractivity contribution >= 4 is 62.3 Å². The molecule has 0 radical (unpaired) electrons. The van der Waals surface area contributed by atoms with Crippen LogP contribution in [0.3, 0.4) is 0 Å². The van der Waals surface area contributed by atoms with E-state index in [-0.39, 0.29) is 54.5 Å². The zero-order valence-electron chi connectivity index (χ0n) is 20.9. The third-order valence-electron chi connectivity index (χ3n) is 6.50. The summed E-state index contributed by atoms with van der Waals surface area (Å²) >= 11 is 18.7. The highest BCUT2D eigenvalue weighted by molar-refractivity contribution is 7.92.